The smallest absolute Gasteiger partial charge is 0.126 e. The summed E-state index contributed by atoms with van der Waals surface area (Å²) in [5.74, 6) is -0.337. The summed E-state index contributed by atoms with van der Waals surface area (Å²) in [6.07, 6.45) is 2.16. The quantitative estimate of drug-likeness (QED) is 0.396. The maximum atomic E-state index is 13.9. The van der Waals surface area contributed by atoms with Crippen LogP contribution in [0.3, 0.4) is 0 Å². The van der Waals surface area contributed by atoms with E-state index < -0.39 is 7.92 Å². The van der Waals surface area contributed by atoms with Crippen LogP contribution >= 0.6 is 15.5 Å². The fourth-order valence-corrected chi connectivity index (χ4v) is 9.68. The van der Waals surface area contributed by atoms with Crippen molar-refractivity contribution in [1.82, 2.24) is 0 Å². The topological polar surface area (TPSA) is 0 Å². The average Bonchev–Trinajstić information content (AvgIpc) is 2.84. The molecule has 4 heteroatoms. The van der Waals surface area contributed by atoms with Crippen molar-refractivity contribution >= 4 is 26.1 Å². The van der Waals surface area contributed by atoms with Gasteiger partial charge in [-0.1, -0.05) is 12.1 Å². The number of halogens is 2. The summed E-state index contributed by atoms with van der Waals surface area (Å²) in [5.41, 5.74) is 4.25. The van der Waals surface area contributed by atoms with Gasteiger partial charge < -0.3 is 0 Å². The van der Waals surface area contributed by atoms with E-state index in [0.29, 0.717) is 11.1 Å². The minimum atomic E-state index is -0.653. The molecule has 0 atom stereocenters. The van der Waals surface area contributed by atoms with Crippen molar-refractivity contribution in [2.24, 2.45) is 0 Å². The van der Waals surface area contributed by atoms with Crippen molar-refractivity contribution in [3.8, 4) is 0 Å². The molecule has 3 rings (SSSR count). The maximum absolute atomic E-state index is 13.9. The third kappa shape index (κ3) is 4.10. The van der Waals surface area contributed by atoms with Gasteiger partial charge in [-0.15, -0.1) is 7.53 Å². The van der Waals surface area contributed by atoms with Gasteiger partial charge in [0.25, 0.3) is 0 Å². The zero-order chi connectivity index (χ0) is 20.6. The Bertz CT molecular complexity index is 941. The van der Waals surface area contributed by atoms with E-state index in [9.17, 15) is 8.78 Å². The van der Waals surface area contributed by atoms with E-state index in [4.69, 9.17) is 0 Å². The summed E-state index contributed by atoms with van der Waals surface area (Å²) >= 11 is 0. The lowest BCUT2D eigenvalue weighted by Crippen LogP contribution is -2.16. The largest absolute Gasteiger partial charge is 0.207 e. The van der Waals surface area contributed by atoms with Crippen LogP contribution in [0.2, 0.25) is 0 Å². The number of hydrogen-bond acceptors (Lipinski definition) is 0. The Morgan fingerprint density at radius 1 is 0.714 bits per heavy atom. The molecule has 0 spiro atoms. The van der Waals surface area contributed by atoms with Gasteiger partial charge in [-0.25, -0.2) is 8.78 Å². The highest BCUT2D eigenvalue weighted by atomic mass is 31.1. The molecule has 3 aromatic rings. The first-order valence-corrected chi connectivity index (χ1v) is 12.7. The van der Waals surface area contributed by atoms with E-state index in [1.54, 1.807) is 12.1 Å². The first-order valence-electron chi connectivity index (χ1n) is 9.63. The molecule has 28 heavy (non-hydrogen) atoms. The lowest BCUT2D eigenvalue weighted by Gasteiger charge is -2.21. The van der Waals surface area contributed by atoms with Crippen LogP contribution in [-0.4, -0.2) is 6.16 Å². The number of rotatable bonds is 5. The van der Waals surface area contributed by atoms with Gasteiger partial charge in [0.2, 0.25) is 0 Å². The van der Waals surface area contributed by atoms with Crippen molar-refractivity contribution < 1.29 is 8.78 Å². The molecule has 0 fully saturated rings. The first kappa shape index (κ1) is 21.2. The number of benzene rings is 2. The monoisotopic (exact) mass is 416 g/mol. The first-order chi connectivity index (χ1) is 13.2. The second-order valence-electron chi connectivity index (χ2n) is 7.59. The molecule has 0 aliphatic carbocycles. The summed E-state index contributed by atoms with van der Waals surface area (Å²) < 4.78 is 27.7. The standard InChI is InChI=1S/C24H28F2P2/c1-15-13-21(7-9-23(15)25)28(22-8-10-24(26)16(2)14-22)12-11-27-19(5)17(3)18(4)20(27)6/h7-10,13-14H,11-12H2,1-6H3. The van der Waals surface area contributed by atoms with Crippen LogP contribution in [0.15, 0.2) is 36.4 Å². The van der Waals surface area contributed by atoms with Gasteiger partial charge in [-0.05, 0) is 130 Å². The Balaban J connectivity index is 2.00. The minimum absolute atomic E-state index is 0.169. The normalized spacial score (nSPS) is 11.5. The molecular weight excluding hydrogens is 388 g/mol. The van der Waals surface area contributed by atoms with Gasteiger partial charge in [0, 0.05) is 0 Å². The highest BCUT2D eigenvalue weighted by molar-refractivity contribution is 7.73. The lowest BCUT2D eigenvalue weighted by atomic mass is 10.2. The molecule has 0 unspecified atom stereocenters. The predicted octanol–water partition coefficient (Wildman–Crippen LogP) is 6.93. The third-order valence-electron chi connectivity index (χ3n) is 5.91. The molecule has 1 heterocycles. The summed E-state index contributed by atoms with van der Waals surface area (Å²) in [6, 6.07) is 10.9. The molecule has 1 aromatic heterocycles. The Kier molecular flexibility index (Phi) is 6.43. The van der Waals surface area contributed by atoms with Crippen LogP contribution < -0.4 is 10.6 Å². The van der Waals surface area contributed by atoms with Crippen LogP contribution in [0.5, 0.6) is 0 Å². The van der Waals surface area contributed by atoms with Gasteiger partial charge in [0.1, 0.15) is 11.6 Å². The summed E-state index contributed by atoms with van der Waals surface area (Å²) in [6.45, 7) is 12.6. The molecule has 0 saturated carbocycles. The highest BCUT2D eigenvalue weighted by Crippen LogP contribution is 2.48. The highest BCUT2D eigenvalue weighted by Gasteiger charge is 2.19. The van der Waals surface area contributed by atoms with Crippen molar-refractivity contribution in [2.75, 3.05) is 6.16 Å². The number of aryl methyl sites for hydroxylation is 2. The van der Waals surface area contributed by atoms with Crippen LogP contribution in [-0.2, 0) is 6.16 Å². The molecule has 0 saturated heterocycles. The molecule has 0 amide bonds. The molecule has 148 valence electrons. The Morgan fingerprint density at radius 3 is 1.54 bits per heavy atom. The fraction of sp³-hybridized carbons (Fsp3) is 0.333. The lowest BCUT2D eigenvalue weighted by molar-refractivity contribution is 0.619. The maximum Gasteiger partial charge on any atom is 0.126 e. The van der Waals surface area contributed by atoms with Crippen molar-refractivity contribution in [3.63, 3.8) is 0 Å². The van der Waals surface area contributed by atoms with Crippen LogP contribution in [0.25, 0.3) is 0 Å². The van der Waals surface area contributed by atoms with Gasteiger partial charge in [-0.3, -0.25) is 0 Å². The van der Waals surface area contributed by atoms with Gasteiger partial charge in [0.15, 0.2) is 0 Å². The van der Waals surface area contributed by atoms with Gasteiger partial charge in [0.05, 0.1) is 0 Å². The summed E-state index contributed by atoms with van der Waals surface area (Å²) in [4.78, 5) is 0. The third-order valence-corrected chi connectivity index (χ3v) is 11.7. The molecular formula is C24H28F2P2. The zero-order valence-electron chi connectivity index (χ0n) is 17.5. The summed E-state index contributed by atoms with van der Waals surface area (Å²) in [5, 5.41) is 5.41. The SMILES string of the molecule is Cc1cc(P(CCp2c(C)c(C)c(C)c2C)c2ccc(F)c(C)c2)ccc1F. The minimum Gasteiger partial charge on any atom is -0.207 e. The molecule has 0 aliphatic rings. The molecule has 0 aliphatic heterocycles. The van der Waals surface area contributed by atoms with E-state index in [2.05, 4.69) is 27.7 Å². The molecule has 0 N–H and O–H groups in total. The van der Waals surface area contributed by atoms with Crippen LogP contribution in [0, 0.1) is 53.2 Å². The Morgan fingerprint density at radius 2 is 1.14 bits per heavy atom. The van der Waals surface area contributed by atoms with Crippen LogP contribution in [0.1, 0.15) is 32.8 Å². The van der Waals surface area contributed by atoms with E-state index >= 15 is 0 Å². The van der Waals surface area contributed by atoms with E-state index in [0.717, 1.165) is 12.3 Å². The second kappa shape index (κ2) is 8.48. The average molecular weight is 416 g/mol. The van der Waals surface area contributed by atoms with E-state index in [-0.39, 0.29) is 19.2 Å². The molecule has 0 nitrogen and oxygen atoms in total. The number of hydrogen-bond donors (Lipinski definition) is 0. The van der Waals surface area contributed by atoms with E-state index in [1.807, 2.05) is 38.1 Å². The Labute approximate surface area is 169 Å². The van der Waals surface area contributed by atoms with Crippen molar-refractivity contribution in [1.29, 1.82) is 0 Å². The van der Waals surface area contributed by atoms with Crippen LogP contribution in [0.4, 0.5) is 8.78 Å². The molecule has 2 aromatic carbocycles. The summed E-state index contributed by atoms with van der Waals surface area (Å²) in [7, 11) is -0.913. The fourth-order valence-electron chi connectivity index (χ4n) is 3.74. The molecule has 0 bridgehead atoms. The van der Waals surface area contributed by atoms with E-state index in [1.165, 1.54) is 32.3 Å². The van der Waals surface area contributed by atoms with Gasteiger partial charge in [-0.2, -0.15) is 0 Å². The zero-order valence-corrected chi connectivity index (χ0v) is 19.3. The van der Waals surface area contributed by atoms with Gasteiger partial charge >= 0.3 is 0 Å². The van der Waals surface area contributed by atoms with Crippen molar-refractivity contribution in [3.05, 3.63) is 80.9 Å². The predicted molar refractivity (Wildman–Crippen MR) is 121 cm³/mol. The molecule has 0 radical (unpaired) electrons. The second-order valence-corrected chi connectivity index (χ2v) is 12.6. The Hall–Kier alpha value is -1.49. The van der Waals surface area contributed by atoms with Crippen molar-refractivity contribution in [2.45, 2.75) is 47.7 Å².